The van der Waals surface area contributed by atoms with Gasteiger partial charge in [0.05, 0.1) is 12.5 Å². The molecule has 0 unspecified atom stereocenters. The van der Waals surface area contributed by atoms with Crippen LogP contribution in [0.15, 0.2) is 5.70 Å². The quantitative estimate of drug-likeness (QED) is 0.493. The first-order valence-corrected chi connectivity index (χ1v) is 5.94. The number of allylic oxidation sites excluding steroid dienone is 1. The Morgan fingerprint density at radius 3 is 2.59 bits per heavy atom. The zero-order valence-corrected chi connectivity index (χ0v) is 11.0. The number of hydrogen-bond acceptors (Lipinski definition) is 1. The highest BCUT2D eigenvalue weighted by Crippen LogP contribution is 2.24. The number of aromatic amines is 1. The Kier molecular flexibility index (Phi) is 4.53. The summed E-state index contributed by atoms with van der Waals surface area (Å²) in [5, 5.41) is 0. The highest BCUT2D eigenvalue weighted by atomic mass is 35.5. The molecule has 0 radical (unpaired) electrons. The standard InChI is InChI=1S/C13H15ClN2O/c1-5-10-11(6-8(2)15-4)16-12(7-14)13(10)9(3)17/h6,16H,5,7H2,1-3H3/b8-6-. The van der Waals surface area contributed by atoms with Crippen molar-refractivity contribution >= 4 is 23.5 Å². The highest BCUT2D eigenvalue weighted by Gasteiger charge is 2.17. The molecule has 1 aromatic heterocycles. The SMILES string of the molecule is [C-]#[N+]/C(C)=C\c1[nH]c(CCl)c(C(C)=O)c1CC. The van der Waals surface area contributed by atoms with Crippen molar-refractivity contribution in [1.29, 1.82) is 0 Å². The molecule has 17 heavy (non-hydrogen) atoms. The normalized spacial score (nSPS) is 11.4. The lowest BCUT2D eigenvalue weighted by atomic mass is 10.0. The van der Waals surface area contributed by atoms with Gasteiger partial charge < -0.3 is 4.98 Å². The van der Waals surface area contributed by atoms with Crippen molar-refractivity contribution in [3.05, 3.63) is 39.6 Å². The molecule has 0 aliphatic heterocycles. The lowest BCUT2D eigenvalue weighted by Gasteiger charge is -2.00. The number of carbonyl (C=O) groups is 1. The van der Waals surface area contributed by atoms with Gasteiger partial charge in [0.25, 0.3) is 0 Å². The predicted molar refractivity (Wildman–Crippen MR) is 70.0 cm³/mol. The van der Waals surface area contributed by atoms with E-state index < -0.39 is 0 Å². The number of carbonyl (C=O) groups excluding carboxylic acids is 1. The van der Waals surface area contributed by atoms with E-state index in [1.807, 2.05) is 6.92 Å². The van der Waals surface area contributed by atoms with Crippen molar-refractivity contribution < 1.29 is 4.79 Å². The van der Waals surface area contributed by atoms with Crippen molar-refractivity contribution in [2.75, 3.05) is 0 Å². The summed E-state index contributed by atoms with van der Waals surface area (Å²) in [6.45, 7) is 12.2. The van der Waals surface area contributed by atoms with Gasteiger partial charge in [0.15, 0.2) is 11.5 Å². The maximum Gasteiger partial charge on any atom is 0.164 e. The van der Waals surface area contributed by atoms with Crippen LogP contribution in [-0.4, -0.2) is 10.8 Å². The molecule has 4 heteroatoms. The molecule has 0 aliphatic carbocycles. The number of hydrogen-bond donors (Lipinski definition) is 1. The summed E-state index contributed by atoms with van der Waals surface area (Å²) in [6.07, 6.45) is 2.49. The van der Waals surface area contributed by atoms with Crippen LogP contribution in [-0.2, 0) is 12.3 Å². The summed E-state index contributed by atoms with van der Waals surface area (Å²) in [4.78, 5) is 18.1. The van der Waals surface area contributed by atoms with E-state index in [0.717, 1.165) is 23.4 Å². The van der Waals surface area contributed by atoms with E-state index in [-0.39, 0.29) is 11.7 Å². The van der Waals surface area contributed by atoms with E-state index in [1.165, 1.54) is 6.92 Å². The molecule has 0 amide bonds. The molecule has 0 aromatic carbocycles. The average Bonchev–Trinajstić information content (AvgIpc) is 2.66. The molecular weight excluding hydrogens is 236 g/mol. The maximum atomic E-state index is 11.6. The summed E-state index contributed by atoms with van der Waals surface area (Å²) in [6, 6.07) is 0. The van der Waals surface area contributed by atoms with Gasteiger partial charge >= 0.3 is 0 Å². The van der Waals surface area contributed by atoms with Gasteiger partial charge in [0.2, 0.25) is 0 Å². The van der Waals surface area contributed by atoms with Gasteiger partial charge in [-0.3, -0.25) is 4.79 Å². The Morgan fingerprint density at radius 2 is 2.18 bits per heavy atom. The van der Waals surface area contributed by atoms with Crippen LogP contribution >= 0.6 is 11.6 Å². The number of H-pyrrole nitrogens is 1. The largest absolute Gasteiger partial charge is 0.358 e. The fraction of sp³-hybridized carbons (Fsp3) is 0.385. The van der Waals surface area contributed by atoms with Crippen LogP contribution < -0.4 is 0 Å². The Morgan fingerprint density at radius 1 is 1.53 bits per heavy atom. The molecule has 1 N–H and O–H groups in total. The number of rotatable bonds is 4. The van der Waals surface area contributed by atoms with E-state index >= 15 is 0 Å². The minimum absolute atomic E-state index is 0.00821. The van der Waals surface area contributed by atoms with E-state index in [2.05, 4.69) is 9.83 Å². The van der Waals surface area contributed by atoms with E-state index in [4.69, 9.17) is 18.2 Å². The molecule has 0 fully saturated rings. The maximum absolute atomic E-state index is 11.6. The van der Waals surface area contributed by atoms with Crippen LogP contribution in [0, 0.1) is 6.57 Å². The Labute approximate surface area is 106 Å². The third kappa shape index (κ3) is 2.78. The summed E-state index contributed by atoms with van der Waals surface area (Å²) in [5.41, 5.74) is 3.75. The van der Waals surface area contributed by atoms with Crippen molar-refractivity contribution in [1.82, 2.24) is 4.98 Å². The first-order chi connectivity index (χ1) is 8.04. The number of Topliss-reactive ketones (excluding diaryl/α,β-unsaturated/α-hetero) is 1. The van der Waals surface area contributed by atoms with Gasteiger partial charge in [-0.25, -0.2) is 4.85 Å². The number of nitrogens with zero attached hydrogens (tertiary/aromatic N) is 1. The molecular formula is C13H15ClN2O. The third-order valence-electron chi connectivity index (χ3n) is 2.58. The lowest BCUT2D eigenvalue weighted by Crippen LogP contribution is -1.99. The van der Waals surface area contributed by atoms with Crippen LogP contribution in [0.3, 0.4) is 0 Å². The summed E-state index contributed by atoms with van der Waals surface area (Å²) >= 11 is 5.82. The van der Waals surface area contributed by atoms with Gasteiger partial charge in [0, 0.05) is 17.0 Å². The minimum atomic E-state index is 0.00821. The summed E-state index contributed by atoms with van der Waals surface area (Å²) in [7, 11) is 0. The monoisotopic (exact) mass is 250 g/mol. The molecule has 3 nitrogen and oxygen atoms in total. The molecule has 0 saturated heterocycles. The highest BCUT2D eigenvalue weighted by molar-refractivity contribution is 6.17. The lowest BCUT2D eigenvalue weighted by molar-refractivity contribution is 0.101. The molecule has 0 bridgehead atoms. The average molecular weight is 251 g/mol. The zero-order chi connectivity index (χ0) is 13.0. The van der Waals surface area contributed by atoms with Crippen molar-refractivity contribution in [3.63, 3.8) is 0 Å². The molecule has 0 saturated carbocycles. The van der Waals surface area contributed by atoms with E-state index in [1.54, 1.807) is 13.0 Å². The second kappa shape index (κ2) is 5.70. The van der Waals surface area contributed by atoms with Crippen molar-refractivity contribution in [2.24, 2.45) is 0 Å². The molecule has 0 aliphatic rings. The summed E-state index contributed by atoms with van der Waals surface area (Å²) in [5.74, 6) is 0.279. The second-order valence-corrected chi connectivity index (χ2v) is 4.08. The van der Waals surface area contributed by atoms with Crippen LogP contribution in [0.1, 0.15) is 48.1 Å². The number of nitrogens with one attached hydrogen (secondary N) is 1. The third-order valence-corrected chi connectivity index (χ3v) is 2.85. The minimum Gasteiger partial charge on any atom is -0.358 e. The van der Waals surface area contributed by atoms with Gasteiger partial charge in [-0.15, -0.1) is 11.6 Å². The number of aromatic nitrogens is 1. The van der Waals surface area contributed by atoms with Gasteiger partial charge in [0.1, 0.15) is 0 Å². The first kappa shape index (κ1) is 13.5. The molecule has 1 heterocycles. The number of ketones is 1. The molecule has 90 valence electrons. The van der Waals surface area contributed by atoms with Crippen LogP contribution in [0.25, 0.3) is 10.9 Å². The number of halogens is 1. The fourth-order valence-electron chi connectivity index (χ4n) is 1.87. The second-order valence-electron chi connectivity index (χ2n) is 3.81. The predicted octanol–water partition coefficient (Wildman–Crippen LogP) is 3.80. The Bertz CT molecular complexity index is 506. The molecule has 1 rings (SSSR count). The number of alkyl halides is 1. The van der Waals surface area contributed by atoms with Crippen molar-refractivity contribution in [3.8, 4) is 0 Å². The van der Waals surface area contributed by atoms with Gasteiger partial charge in [-0.05, 0) is 31.9 Å². The van der Waals surface area contributed by atoms with Gasteiger partial charge in [-0.1, -0.05) is 6.92 Å². The van der Waals surface area contributed by atoms with E-state index in [0.29, 0.717) is 11.3 Å². The fourth-order valence-corrected chi connectivity index (χ4v) is 2.07. The molecule has 0 spiro atoms. The van der Waals surface area contributed by atoms with Gasteiger partial charge in [-0.2, -0.15) is 0 Å². The summed E-state index contributed by atoms with van der Waals surface area (Å²) < 4.78 is 0. The smallest absolute Gasteiger partial charge is 0.164 e. The van der Waals surface area contributed by atoms with Crippen molar-refractivity contribution in [2.45, 2.75) is 33.1 Å². The van der Waals surface area contributed by atoms with E-state index in [9.17, 15) is 4.79 Å². The molecule has 0 atom stereocenters. The van der Waals surface area contributed by atoms with Crippen LogP contribution in [0.2, 0.25) is 0 Å². The van der Waals surface area contributed by atoms with Crippen LogP contribution in [0.4, 0.5) is 0 Å². The topological polar surface area (TPSA) is 37.2 Å². The Balaban J connectivity index is 3.44. The van der Waals surface area contributed by atoms with Crippen LogP contribution in [0.5, 0.6) is 0 Å². The first-order valence-electron chi connectivity index (χ1n) is 5.41. The molecule has 1 aromatic rings. The zero-order valence-electron chi connectivity index (χ0n) is 10.2. The Hall–Kier alpha value is -1.53.